The smallest absolute Gasteiger partial charge is 0.350 e. The number of ether oxygens (including phenoxy) is 3. The van der Waals surface area contributed by atoms with Crippen molar-refractivity contribution in [3.05, 3.63) is 17.0 Å². The lowest BCUT2D eigenvalue weighted by Crippen LogP contribution is -2.46. The SMILES string of the molecule is CCOC(=O)c1sc(N)nc1-c1ccc(P(=O)(N[C@@H](CC)C(=O)OCC)N[C@@H](CC)C(=O)OCC)o1. The van der Waals surface area contributed by atoms with Crippen LogP contribution in [0.1, 0.15) is 57.1 Å². The molecule has 200 valence electrons. The molecule has 0 radical (unpaired) electrons. The van der Waals surface area contributed by atoms with Gasteiger partial charge in [0.05, 0.1) is 19.8 Å². The fraction of sp³-hybridized carbons (Fsp3) is 0.545. The Morgan fingerprint density at radius 3 is 1.97 bits per heavy atom. The monoisotopic (exact) mass is 544 g/mol. The number of furan rings is 1. The molecule has 2 heterocycles. The molecule has 0 amide bonds. The van der Waals surface area contributed by atoms with Gasteiger partial charge in [-0.2, -0.15) is 0 Å². The number of carbonyl (C=O) groups is 3. The summed E-state index contributed by atoms with van der Waals surface area (Å²) >= 11 is 0.931. The van der Waals surface area contributed by atoms with E-state index in [1.54, 1.807) is 34.6 Å². The molecule has 0 aliphatic rings. The zero-order chi connectivity index (χ0) is 26.9. The standard InChI is InChI=1S/C22H33N4O8PS/c1-6-13(19(27)31-8-3)25-35(30,26-14(7-2)20(28)32-9-4)16-12-11-15(34-16)17-18(21(29)33-10-5)36-22(23)24-17/h11-14H,6-10H2,1-5H3,(H2,23,24)(H2,25,26,30)/t13-,14-/m0/s1. The van der Waals surface area contributed by atoms with Gasteiger partial charge in [-0.05, 0) is 45.7 Å². The molecule has 0 aromatic carbocycles. The van der Waals surface area contributed by atoms with Crippen molar-refractivity contribution in [1.29, 1.82) is 0 Å². The summed E-state index contributed by atoms with van der Waals surface area (Å²) in [7, 11) is -3.96. The van der Waals surface area contributed by atoms with Gasteiger partial charge in [0.25, 0.3) is 7.44 Å². The van der Waals surface area contributed by atoms with Crippen LogP contribution in [0.2, 0.25) is 0 Å². The van der Waals surface area contributed by atoms with Gasteiger partial charge < -0.3 is 24.4 Å². The molecule has 2 atom stereocenters. The van der Waals surface area contributed by atoms with E-state index in [1.165, 1.54) is 12.1 Å². The summed E-state index contributed by atoms with van der Waals surface area (Å²) in [6.07, 6.45) is 0.508. The Bertz CT molecular complexity index is 1070. The van der Waals surface area contributed by atoms with Crippen molar-refractivity contribution >= 4 is 47.3 Å². The maximum absolute atomic E-state index is 14.3. The number of aromatic nitrogens is 1. The van der Waals surface area contributed by atoms with E-state index in [2.05, 4.69) is 15.2 Å². The Balaban J connectivity index is 2.52. The number of rotatable bonds is 14. The minimum absolute atomic E-state index is 0.0932. The van der Waals surface area contributed by atoms with Crippen molar-refractivity contribution in [1.82, 2.24) is 15.2 Å². The quantitative estimate of drug-likeness (QED) is 0.181. The number of nitrogens with zero attached hydrogens (tertiary/aromatic N) is 1. The molecule has 0 bridgehead atoms. The van der Waals surface area contributed by atoms with Gasteiger partial charge in [0, 0.05) is 0 Å². The third-order valence-corrected chi connectivity index (χ3v) is 7.95. The minimum atomic E-state index is -3.96. The average molecular weight is 545 g/mol. The normalized spacial score (nSPS) is 13.1. The first-order chi connectivity index (χ1) is 17.1. The molecular weight excluding hydrogens is 511 g/mol. The summed E-state index contributed by atoms with van der Waals surface area (Å²) in [5.74, 6) is -1.72. The molecule has 0 unspecified atom stereocenters. The van der Waals surface area contributed by atoms with Crippen molar-refractivity contribution in [2.45, 2.75) is 59.5 Å². The summed E-state index contributed by atoms with van der Waals surface area (Å²) in [6.45, 7) is 8.87. The second kappa shape index (κ2) is 13.5. The molecule has 0 saturated heterocycles. The predicted molar refractivity (Wildman–Crippen MR) is 135 cm³/mol. The van der Waals surface area contributed by atoms with Gasteiger partial charge in [-0.3, -0.25) is 14.2 Å². The first-order valence-corrected chi connectivity index (χ1v) is 14.2. The first kappa shape index (κ1) is 29.5. The summed E-state index contributed by atoms with van der Waals surface area (Å²) in [6, 6.07) is 0.971. The number of nitrogen functional groups attached to an aromatic ring is 1. The molecule has 0 aliphatic carbocycles. The molecule has 36 heavy (non-hydrogen) atoms. The Morgan fingerprint density at radius 1 is 0.972 bits per heavy atom. The van der Waals surface area contributed by atoms with E-state index in [9.17, 15) is 18.9 Å². The lowest BCUT2D eigenvalue weighted by molar-refractivity contribution is -0.145. The van der Waals surface area contributed by atoms with Gasteiger partial charge >= 0.3 is 17.9 Å². The fourth-order valence-corrected chi connectivity index (χ4v) is 6.20. The Labute approximate surface area is 213 Å². The van der Waals surface area contributed by atoms with Crippen LogP contribution in [0.25, 0.3) is 11.5 Å². The summed E-state index contributed by atoms with van der Waals surface area (Å²) in [5, 5.41) is 5.73. The zero-order valence-electron chi connectivity index (χ0n) is 21.0. The molecular formula is C22H33N4O8PS. The molecule has 0 fully saturated rings. The average Bonchev–Trinajstić information content (AvgIpc) is 3.49. The van der Waals surface area contributed by atoms with Crippen molar-refractivity contribution in [2.24, 2.45) is 0 Å². The van der Waals surface area contributed by atoms with E-state index >= 15 is 0 Å². The van der Waals surface area contributed by atoms with Crippen molar-refractivity contribution < 1.29 is 37.6 Å². The van der Waals surface area contributed by atoms with E-state index in [1.807, 2.05) is 0 Å². The molecule has 2 rings (SSSR count). The predicted octanol–water partition coefficient (Wildman–Crippen LogP) is 2.84. The first-order valence-electron chi connectivity index (χ1n) is 11.7. The number of nitrogens with two attached hydrogens (primary N) is 1. The summed E-state index contributed by atoms with van der Waals surface area (Å²) in [5.41, 5.74) is 5.85. The highest BCUT2D eigenvalue weighted by atomic mass is 32.1. The van der Waals surface area contributed by atoms with E-state index in [0.717, 1.165) is 11.3 Å². The highest BCUT2D eigenvalue weighted by Crippen LogP contribution is 2.40. The van der Waals surface area contributed by atoms with Crippen LogP contribution in [0.15, 0.2) is 16.5 Å². The van der Waals surface area contributed by atoms with Gasteiger partial charge in [0.2, 0.25) is 0 Å². The van der Waals surface area contributed by atoms with E-state index in [0.29, 0.717) is 0 Å². The fourth-order valence-electron chi connectivity index (χ4n) is 3.17. The number of thiazole rings is 1. The number of anilines is 1. The Hall–Kier alpha value is -2.73. The summed E-state index contributed by atoms with van der Waals surface area (Å²) < 4.78 is 35.4. The Kier molecular flexibility index (Phi) is 11.1. The summed E-state index contributed by atoms with van der Waals surface area (Å²) in [4.78, 5) is 41.6. The number of hydrogen-bond donors (Lipinski definition) is 3. The second-order valence-electron chi connectivity index (χ2n) is 7.38. The van der Waals surface area contributed by atoms with Crippen LogP contribution >= 0.6 is 18.8 Å². The number of hydrogen-bond acceptors (Lipinski definition) is 11. The molecule has 0 spiro atoms. The number of nitrogens with one attached hydrogen (secondary N) is 2. The topological polar surface area (TPSA) is 172 Å². The lowest BCUT2D eigenvalue weighted by Gasteiger charge is -2.26. The zero-order valence-corrected chi connectivity index (χ0v) is 22.7. The van der Waals surface area contributed by atoms with Crippen LogP contribution in [-0.4, -0.2) is 54.8 Å². The van der Waals surface area contributed by atoms with E-state index in [-0.39, 0.29) is 59.6 Å². The van der Waals surface area contributed by atoms with Crippen LogP contribution in [0.4, 0.5) is 5.13 Å². The molecule has 2 aromatic rings. The van der Waals surface area contributed by atoms with Gasteiger partial charge in [-0.15, -0.1) is 0 Å². The third kappa shape index (κ3) is 7.16. The second-order valence-corrected chi connectivity index (χ2v) is 10.6. The van der Waals surface area contributed by atoms with Gasteiger partial charge in [-0.25, -0.2) is 20.0 Å². The van der Waals surface area contributed by atoms with Crippen molar-refractivity contribution in [2.75, 3.05) is 25.6 Å². The number of esters is 3. The molecule has 0 saturated carbocycles. The molecule has 12 nitrogen and oxygen atoms in total. The maximum atomic E-state index is 14.3. The van der Waals surface area contributed by atoms with E-state index < -0.39 is 37.4 Å². The van der Waals surface area contributed by atoms with Crippen molar-refractivity contribution in [3.8, 4) is 11.5 Å². The Morgan fingerprint density at radius 2 is 1.50 bits per heavy atom. The minimum Gasteiger partial charge on any atom is -0.465 e. The van der Waals surface area contributed by atoms with Gasteiger partial charge in [0.1, 0.15) is 22.7 Å². The highest BCUT2D eigenvalue weighted by molar-refractivity contribution is 7.67. The molecule has 0 aliphatic heterocycles. The molecule has 2 aromatic heterocycles. The van der Waals surface area contributed by atoms with Gasteiger partial charge in [0.15, 0.2) is 16.4 Å². The lowest BCUT2D eigenvalue weighted by atomic mass is 10.2. The van der Waals surface area contributed by atoms with Crippen LogP contribution in [-0.2, 0) is 28.4 Å². The number of carbonyl (C=O) groups excluding carboxylic acids is 3. The van der Waals surface area contributed by atoms with E-state index in [4.69, 9.17) is 24.4 Å². The van der Waals surface area contributed by atoms with Crippen LogP contribution in [0, 0.1) is 0 Å². The van der Waals surface area contributed by atoms with Crippen LogP contribution < -0.4 is 21.4 Å². The van der Waals surface area contributed by atoms with Crippen molar-refractivity contribution in [3.63, 3.8) is 0 Å². The molecule has 14 heteroatoms. The third-order valence-electron chi connectivity index (χ3n) is 4.87. The maximum Gasteiger partial charge on any atom is 0.350 e. The molecule has 4 N–H and O–H groups in total. The largest absolute Gasteiger partial charge is 0.465 e. The van der Waals surface area contributed by atoms with Crippen LogP contribution in [0.3, 0.4) is 0 Å². The highest BCUT2D eigenvalue weighted by Gasteiger charge is 2.38. The van der Waals surface area contributed by atoms with Crippen LogP contribution in [0.5, 0.6) is 0 Å². The van der Waals surface area contributed by atoms with Gasteiger partial charge in [-0.1, -0.05) is 25.2 Å².